The number of fused-ring (bicyclic) bond motifs is 1. The highest BCUT2D eigenvalue weighted by atomic mass is 19.1. The first-order chi connectivity index (χ1) is 12.3. The molecule has 140 valence electrons. The van der Waals surface area contributed by atoms with E-state index in [9.17, 15) is 9.18 Å². The Morgan fingerprint density at radius 1 is 1.35 bits per heavy atom. The summed E-state index contributed by atoms with van der Waals surface area (Å²) in [4.78, 5) is 16.2. The van der Waals surface area contributed by atoms with Crippen LogP contribution in [0.1, 0.15) is 38.0 Å². The fraction of sp³-hybridized carbons (Fsp3) is 0.579. The molecule has 1 amide bonds. The van der Waals surface area contributed by atoms with Gasteiger partial charge in [-0.2, -0.15) is 5.26 Å². The van der Waals surface area contributed by atoms with Gasteiger partial charge in [0.1, 0.15) is 17.5 Å². The van der Waals surface area contributed by atoms with E-state index in [1.807, 2.05) is 26.8 Å². The monoisotopic (exact) mass is 361 g/mol. The van der Waals surface area contributed by atoms with Crippen molar-refractivity contribution in [1.29, 1.82) is 5.26 Å². The number of carbonyl (C=O) groups excluding carboxylic acids is 1. The van der Waals surface area contributed by atoms with Crippen LogP contribution in [-0.4, -0.2) is 60.3 Å². The van der Waals surface area contributed by atoms with Gasteiger partial charge in [0.2, 0.25) is 0 Å². The van der Waals surface area contributed by atoms with Gasteiger partial charge in [0.05, 0.1) is 24.3 Å². The summed E-state index contributed by atoms with van der Waals surface area (Å²) in [6.07, 6.45) is -0.532. The molecule has 2 aliphatic rings. The maximum atomic E-state index is 13.9. The first kappa shape index (κ1) is 18.6. The SMILES string of the molecule is CC(C)(C)OC(=O)N1CCN2C[C@@H](c3ccc(C#N)c(F)c3)OC[C@H]2C1. The lowest BCUT2D eigenvalue weighted by atomic mass is 10.0. The molecular weight excluding hydrogens is 337 g/mol. The number of ether oxygens (including phenoxy) is 2. The van der Waals surface area contributed by atoms with E-state index in [-0.39, 0.29) is 23.8 Å². The van der Waals surface area contributed by atoms with Gasteiger partial charge in [0, 0.05) is 26.2 Å². The predicted octanol–water partition coefficient (Wildman–Crippen LogP) is 2.69. The third-order valence-electron chi connectivity index (χ3n) is 4.63. The van der Waals surface area contributed by atoms with Gasteiger partial charge in [0.25, 0.3) is 0 Å². The number of morpholine rings is 1. The third kappa shape index (κ3) is 4.14. The van der Waals surface area contributed by atoms with Gasteiger partial charge in [-0.1, -0.05) is 6.07 Å². The molecule has 2 saturated heterocycles. The molecule has 0 unspecified atom stereocenters. The fourth-order valence-corrected chi connectivity index (χ4v) is 3.30. The van der Waals surface area contributed by atoms with Crippen LogP contribution < -0.4 is 0 Å². The van der Waals surface area contributed by atoms with Crippen molar-refractivity contribution in [3.63, 3.8) is 0 Å². The number of nitriles is 1. The van der Waals surface area contributed by atoms with E-state index in [0.29, 0.717) is 26.2 Å². The summed E-state index contributed by atoms with van der Waals surface area (Å²) in [5.41, 5.74) is 0.255. The summed E-state index contributed by atoms with van der Waals surface area (Å²) in [7, 11) is 0. The highest BCUT2D eigenvalue weighted by Gasteiger charge is 2.36. The summed E-state index contributed by atoms with van der Waals surface area (Å²) in [6.45, 7) is 8.54. The molecule has 0 aromatic heterocycles. The van der Waals surface area contributed by atoms with Crippen molar-refractivity contribution in [2.45, 2.75) is 38.5 Å². The quantitative estimate of drug-likeness (QED) is 0.769. The van der Waals surface area contributed by atoms with Crippen molar-refractivity contribution in [3.8, 4) is 6.07 Å². The van der Waals surface area contributed by atoms with Crippen molar-refractivity contribution in [2.75, 3.05) is 32.8 Å². The number of amides is 1. The minimum absolute atomic E-state index is 0.0356. The van der Waals surface area contributed by atoms with Crippen molar-refractivity contribution in [1.82, 2.24) is 9.80 Å². The minimum atomic E-state index is -0.523. The molecule has 1 aromatic rings. The molecule has 26 heavy (non-hydrogen) atoms. The highest BCUT2D eigenvalue weighted by molar-refractivity contribution is 5.68. The molecule has 6 nitrogen and oxygen atoms in total. The number of halogens is 1. The summed E-state index contributed by atoms with van der Waals surface area (Å²) in [5.74, 6) is -0.523. The lowest BCUT2D eigenvalue weighted by Crippen LogP contribution is -2.60. The van der Waals surface area contributed by atoms with Gasteiger partial charge in [-0.05, 0) is 38.5 Å². The molecule has 2 atom stereocenters. The van der Waals surface area contributed by atoms with Crippen molar-refractivity contribution >= 4 is 6.09 Å². The summed E-state index contributed by atoms with van der Waals surface area (Å²) >= 11 is 0. The second kappa shape index (κ2) is 7.22. The van der Waals surface area contributed by atoms with Crippen LogP contribution in [0.3, 0.4) is 0 Å². The molecule has 2 heterocycles. The number of rotatable bonds is 1. The van der Waals surface area contributed by atoms with E-state index in [0.717, 1.165) is 12.1 Å². The van der Waals surface area contributed by atoms with E-state index in [2.05, 4.69) is 4.90 Å². The zero-order valence-corrected chi connectivity index (χ0v) is 15.4. The Labute approximate surface area is 153 Å². The maximum Gasteiger partial charge on any atom is 0.410 e. The second-order valence-electron chi connectivity index (χ2n) is 7.75. The second-order valence-corrected chi connectivity index (χ2v) is 7.75. The van der Waals surface area contributed by atoms with Crippen LogP contribution in [0.2, 0.25) is 0 Å². The normalized spacial score (nSPS) is 23.9. The van der Waals surface area contributed by atoms with Gasteiger partial charge in [-0.25, -0.2) is 9.18 Å². The van der Waals surface area contributed by atoms with Gasteiger partial charge in [-0.3, -0.25) is 4.90 Å². The predicted molar refractivity (Wildman–Crippen MR) is 93.0 cm³/mol. The molecule has 0 saturated carbocycles. The Hall–Kier alpha value is -2.17. The minimum Gasteiger partial charge on any atom is -0.444 e. The largest absolute Gasteiger partial charge is 0.444 e. The summed E-state index contributed by atoms with van der Waals surface area (Å²) in [6, 6.07) is 6.54. The van der Waals surface area contributed by atoms with Crippen LogP contribution in [0.5, 0.6) is 0 Å². The lowest BCUT2D eigenvalue weighted by Gasteiger charge is -2.46. The average molecular weight is 361 g/mol. The van der Waals surface area contributed by atoms with Crippen molar-refractivity contribution in [2.24, 2.45) is 0 Å². The van der Waals surface area contributed by atoms with E-state index < -0.39 is 11.4 Å². The number of hydrogen-bond acceptors (Lipinski definition) is 5. The van der Waals surface area contributed by atoms with Crippen LogP contribution >= 0.6 is 0 Å². The van der Waals surface area contributed by atoms with E-state index >= 15 is 0 Å². The summed E-state index contributed by atoms with van der Waals surface area (Å²) < 4.78 is 25.2. The Balaban J connectivity index is 1.61. The van der Waals surface area contributed by atoms with Crippen LogP contribution in [0.4, 0.5) is 9.18 Å². The van der Waals surface area contributed by atoms with E-state index in [1.54, 1.807) is 11.0 Å². The number of carbonyl (C=O) groups is 1. The Bertz CT molecular complexity index is 726. The first-order valence-corrected chi connectivity index (χ1v) is 8.80. The van der Waals surface area contributed by atoms with Gasteiger partial charge >= 0.3 is 6.09 Å². The average Bonchev–Trinajstić information content (AvgIpc) is 2.59. The Kier molecular flexibility index (Phi) is 5.17. The Morgan fingerprint density at radius 3 is 2.77 bits per heavy atom. The first-order valence-electron chi connectivity index (χ1n) is 8.80. The third-order valence-corrected chi connectivity index (χ3v) is 4.63. The molecule has 2 aliphatic heterocycles. The number of piperazine rings is 1. The molecular formula is C19H24FN3O3. The van der Waals surface area contributed by atoms with Gasteiger partial charge in [-0.15, -0.1) is 0 Å². The number of nitrogens with zero attached hydrogens (tertiary/aromatic N) is 3. The van der Waals surface area contributed by atoms with Crippen molar-refractivity contribution < 1.29 is 18.7 Å². The fourth-order valence-electron chi connectivity index (χ4n) is 3.30. The van der Waals surface area contributed by atoms with Crippen LogP contribution in [0, 0.1) is 17.1 Å². The van der Waals surface area contributed by atoms with Crippen LogP contribution in [0.25, 0.3) is 0 Å². The number of benzene rings is 1. The molecule has 7 heteroatoms. The van der Waals surface area contributed by atoms with E-state index in [4.69, 9.17) is 14.7 Å². The molecule has 1 aromatic carbocycles. The molecule has 0 aliphatic carbocycles. The smallest absolute Gasteiger partial charge is 0.410 e. The standard InChI is InChI=1S/C19H24FN3O3/c1-19(2,3)26-18(24)23-7-6-22-11-17(25-12-15(22)10-23)13-4-5-14(9-21)16(20)8-13/h4-5,8,15,17H,6-7,10-12H2,1-3H3/t15-,17+/m1/s1. The van der Waals surface area contributed by atoms with Gasteiger partial charge in [0.15, 0.2) is 0 Å². The maximum absolute atomic E-state index is 13.9. The Morgan fingerprint density at radius 2 is 2.12 bits per heavy atom. The van der Waals surface area contributed by atoms with Crippen molar-refractivity contribution in [3.05, 3.63) is 35.1 Å². The zero-order valence-electron chi connectivity index (χ0n) is 15.4. The topological polar surface area (TPSA) is 65.8 Å². The molecule has 0 bridgehead atoms. The van der Waals surface area contributed by atoms with Crippen LogP contribution in [-0.2, 0) is 9.47 Å². The number of hydrogen-bond donors (Lipinski definition) is 0. The molecule has 0 spiro atoms. The summed E-state index contributed by atoms with van der Waals surface area (Å²) in [5, 5.41) is 8.84. The molecule has 0 N–H and O–H groups in total. The van der Waals surface area contributed by atoms with Gasteiger partial charge < -0.3 is 14.4 Å². The lowest BCUT2D eigenvalue weighted by molar-refractivity contribution is -0.0907. The molecule has 3 rings (SSSR count). The highest BCUT2D eigenvalue weighted by Crippen LogP contribution is 2.28. The molecule has 2 fully saturated rings. The van der Waals surface area contributed by atoms with Crippen LogP contribution in [0.15, 0.2) is 18.2 Å². The molecule has 0 radical (unpaired) electrons. The zero-order chi connectivity index (χ0) is 18.9. The van der Waals surface area contributed by atoms with E-state index in [1.165, 1.54) is 12.1 Å².